The van der Waals surface area contributed by atoms with Gasteiger partial charge in [-0.15, -0.1) is 0 Å². The van der Waals surface area contributed by atoms with Gasteiger partial charge < -0.3 is 10.4 Å². The van der Waals surface area contributed by atoms with Crippen LogP contribution in [-0.2, 0) is 6.42 Å². The van der Waals surface area contributed by atoms with Crippen LogP contribution in [0.4, 0.5) is 13.2 Å². The molecule has 1 aliphatic heterocycles. The fourth-order valence-electron chi connectivity index (χ4n) is 2.16. The third-order valence-corrected chi connectivity index (χ3v) is 3.26. The Labute approximate surface area is 103 Å². The smallest absolute Gasteiger partial charge is 0.194 e. The molecule has 1 heterocycles. The number of piperidine rings is 1. The standard InChI is InChI=1S/C13H14F3NO/c1-7-9(11(18)4-5-17-7)6-8-2-3-10(14)13(16)12(8)15/h2-3,9,11,17-18H,1,4-6H2. The van der Waals surface area contributed by atoms with Gasteiger partial charge in [0.1, 0.15) is 0 Å². The second kappa shape index (κ2) is 5.02. The van der Waals surface area contributed by atoms with Gasteiger partial charge in [-0.05, 0) is 24.5 Å². The molecule has 98 valence electrons. The van der Waals surface area contributed by atoms with Gasteiger partial charge in [-0.3, -0.25) is 0 Å². The van der Waals surface area contributed by atoms with Crippen LogP contribution in [0.3, 0.4) is 0 Å². The number of rotatable bonds is 2. The first kappa shape index (κ1) is 13.0. The highest BCUT2D eigenvalue weighted by Crippen LogP contribution is 2.26. The van der Waals surface area contributed by atoms with Crippen LogP contribution in [0, 0.1) is 23.4 Å². The van der Waals surface area contributed by atoms with E-state index in [1.54, 1.807) is 0 Å². The van der Waals surface area contributed by atoms with Gasteiger partial charge in [0.25, 0.3) is 0 Å². The minimum absolute atomic E-state index is 0.0443. The number of halogens is 3. The van der Waals surface area contributed by atoms with Crippen molar-refractivity contribution in [3.05, 3.63) is 47.4 Å². The maximum atomic E-state index is 13.5. The van der Waals surface area contributed by atoms with Gasteiger partial charge in [-0.25, -0.2) is 13.2 Å². The number of aliphatic hydroxyl groups is 1. The van der Waals surface area contributed by atoms with E-state index < -0.39 is 29.5 Å². The Hall–Kier alpha value is -1.49. The summed E-state index contributed by atoms with van der Waals surface area (Å²) in [7, 11) is 0. The lowest BCUT2D eigenvalue weighted by molar-refractivity contribution is 0.0977. The van der Waals surface area contributed by atoms with E-state index >= 15 is 0 Å². The molecule has 0 spiro atoms. The molecule has 1 aliphatic rings. The van der Waals surface area contributed by atoms with Crippen molar-refractivity contribution in [3.8, 4) is 0 Å². The number of benzene rings is 1. The number of hydrogen-bond donors (Lipinski definition) is 2. The van der Waals surface area contributed by atoms with Gasteiger partial charge in [0.15, 0.2) is 17.5 Å². The molecule has 0 saturated carbocycles. The molecule has 0 aromatic heterocycles. The molecule has 0 radical (unpaired) electrons. The zero-order valence-electron chi connectivity index (χ0n) is 9.72. The van der Waals surface area contributed by atoms with Gasteiger partial charge in [-0.1, -0.05) is 12.6 Å². The lowest BCUT2D eigenvalue weighted by Gasteiger charge is -2.31. The lowest BCUT2D eigenvalue weighted by atomic mass is 9.87. The zero-order valence-corrected chi connectivity index (χ0v) is 9.72. The Kier molecular flexibility index (Phi) is 3.61. The van der Waals surface area contributed by atoms with Crippen LogP contribution < -0.4 is 5.32 Å². The Morgan fingerprint density at radius 2 is 2.00 bits per heavy atom. The number of hydrogen-bond acceptors (Lipinski definition) is 2. The van der Waals surface area contributed by atoms with Gasteiger partial charge in [0.2, 0.25) is 0 Å². The summed E-state index contributed by atoms with van der Waals surface area (Å²) in [6.07, 6.45) is -0.0309. The highest BCUT2D eigenvalue weighted by Gasteiger charge is 2.28. The molecular weight excluding hydrogens is 243 g/mol. The van der Waals surface area contributed by atoms with Crippen LogP contribution >= 0.6 is 0 Å². The zero-order chi connectivity index (χ0) is 13.3. The summed E-state index contributed by atoms with van der Waals surface area (Å²) in [6.45, 7) is 4.36. The average Bonchev–Trinajstić information content (AvgIpc) is 2.34. The lowest BCUT2D eigenvalue weighted by Crippen LogP contribution is -2.38. The monoisotopic (exact) mass is 257 g/mol. The molecule has 2 N–H and O–H groups in total. The third-order valence-electron chi connectivity index (χ3n) is 3.26. The van der Waals surface area contributed by atoms with Crippen LogP contribution in [0.2, 0.25) is 0 Å². The molecule has 0 amide bonds. The Morgan fingerprint density at radius 3 is 2.67 bits per heavy atom. The predicted octanol–water partition coefficient (Wildman–Crippen LogP) is 2.13. The quantitative estimate of drug-likeness (QED) is 0.795. The molecular formula is C13H14F3NO. The third kappa shape index (κ3) is 2.36. The van der Waals surface area contributed by atoms with Crippen LogP contribution in [-0.4, -0.2) is 17.8 Å². The maximum Gasteiger partial charge on any atom is 0.194 e. The van der Waals surface area contributed by atoms with E-state index in [1.165, 1.54) is 6.07 Å². The van der Waals surface area contributed by atoms with Crippen molar-refractivity contribution in [2.45, 2.75) is 18.9 Å². The van der Waals surface area contributed by atoms with Gasteiger partial charge in [-0.2, -0.15) is 0 Å². The van der Waals surface area contributed by atoms with Crippen LogP contribution in [0.25, 0.3) is 0 Å². The Morgan fingerprint density at radius 1 is 1.28 bits per heavy atom. The van der Waals surface area contributed by atoms with Crippen molar-refractivity contribution in [1.29, 1.82) is 0 Å². The Balaban J connectivity index is 2.23. The van der Waals surface area contributed by atoms with Crippen LogP contribution in [0.15, 0.2) is 24.4 Å². The van der Waals surface area contributed by atoms with Crippen molar-refractivity contribution in [2.24, 2.45) is 5.92 Å². The van der Waals surface area contributed by atoms with E-state index in [0.717, 1.165) is 6.07 Å². The summed E-state index contributed by atoms with van der Waals surface area (Å²) in [4.78, 5) is 0. The number of nitrogens with one attached hydrogen (secondary N) is 1. The summed E-state index contributed by atoms with van der Waals surface area (Å²) in [6, 6.07) is 2.08. The van der Waals surface area contributed by atoms with E-state index in [4.69, 9.17) is 0 Å². The molecule has 1 aromatic carbocycles. The van der Waals surface area contributed by atoms with Crippen molar-refractivity contribution in [3.63, 3.8) is 0 Å². The van der Waals surface area contributed by atoms with E-state index in [0.29, 0.717) is 18.7 Å². The van der Waals surface area contributed by atoms with Crippen molar-refractivity contribution >= 4 is 0 Å². The van der Waals surface area contributed by atoms with Gasteiger partial charge >= 0.3 is 0 Å². The minimum Gasteiger partial charge on any atom is -0.392 e. The first-order valence-corrected chi connectivity index (χ1v) is 5.73. The fraction of sp³-hybridized carbons (Fsp3) is 0.385. The summed E-state index contributed by atoms with van der Waals surface area (Å²) in [5.41, 5.74) is 0.640. The SMILES string of the molecule is C=C1NCCC(O)C1Cc1ccc(F)c(F)c1F. The molecule has 5 heteroatoms. The van der Waals surface area contributed by atoms with Crippen molar-refractivity contribution in [1.82, 2.24) is 5.32 Å². The molecule has 2 nitrogen and oxygen atoms in total. The highest BCUT2D eigenvalue weighted by atomic mass is 19.2. The largest absolute Gasteiger partial charge is 0.392 e. The van der Waals surface area contributed by atoms with Crippen molar-refractivity contribution in [2.75, 3.05) is 6.54 Å². The van der Waals surface area contributed by atoms with E-state index in [1.807, 2.05) is 0 Å². The second-order valence-electron chi connectivity index (χ2n) is 4.45. The van der Waals surface area contributed by atoms with E-state index in [-0.39, 0.29) is 12.0 Å². The predicted molar refractivity (Wildman–Crippen MR) is 61.3 cm³/mol. The second-order valence-corrected chi connectivity index (χ2v) is 4.45. The summed E-state index contributed by atoms with van der Waals surface area (Å²) < 4.78 is 39.4. The maximum absolute atomic E-state index is 13.5. The Bertz CT molecular complexity index is 476. The molecule has 1 fully saturated rings. The average molecular weight is 257 g/mol. The number of aliphatic hydroxyl groups excluding tert-OH is 1. The van der Waals surface area contributed by atoms with Gasteiger partial charge in [0.05, 0.1) is 6.10 Å². The van der Waals surface area contributed by atoms with Crippen molar-refractivity contribution < 1.29 is 18.3 Å². The van der Waals surface area contributed by atoms with E-state index in [9.17, 15) is 18.3 Å². The molecule has 2 unspecified atom stereocenters. The molecule has 2 rings (SSSR count). The molecule has 0 aliphatic carbocycles. The molecule has 1 saturated heterocycles. The van der Waals surface area contributed by atoms with Gasteiger partial charge in [0, 0.05) is 18.2 Å². The summed E-state index contributed by atoms with van der Waals surface area (Å²) in [5.74, 6) is -4.27. The van der Waals surface area contributed by atoms with Crippen LogP contribution in [0.5, 0.6) is 0 Å². The topological polar surface area (TPSA) is 32.3 Å². The summed E-state index contributed by atoms with van der Waals surface area (Å²) in [5, 5.41) is 12.8. The fourth-order valence-corrected chi connectivity index (χ4v) is 2.16. The highest BCUT2D eigenvalue weighted by molar-refractivity contribution is 5.23. The van der Waals surface area contributed by atoms with Crippen LogP contribution in [0.1, 0.15) is 12.0 Å². The molecule has 0 bridgehead atoms. The molecule has 1 aromatic rings. The first-order valence-electron chi connectivity index (χ1n) is 5.73. The normalized spacial score (nSPS) is 23.9. The molecule has 2 atom stereocenters. The van der Waals surface area contributed by atoms with E-state index in [2.05, 4.69) is 11.9 Å². The minimum atomic E-state index is -1.48. The first-order chi connectivity index (χ1) is 8.50. The molecule has 18 heavy (non-hydrogen) atoms. The summed E-state index contributed by atoms with van der Waals surface area (Å²) >= 11 is 0.